The normalized spacial score (nSPS) is 11.2. The van der Waals surface area contributed by atoms with Crippen LogP contribution in [-0.4, -0.2) is 49.1 Å². The number of carbonyl (C=O) groups is 1. The summed E-state index contributed by atoms with van der Waals surface area (Å²) < 4.78 is 13.3. The molecule has 0 aliphatic carbocycles. The van der Waals surface area contributed by atoms with Gasteiger partial charge in [-0.25, -0.2) is 0 Å². The molecule has 0 radical (unpaired) electrons. The molecule has 0 spiro atoms. The second-order valence-corrected chi connectivity index (χ2v) is 7.92. The van der Waals surface area contributed by atoms with Gasteiger partial charge in [-0.1, -0.05) is 18.2 Å². The van der Waals surface area contributed by atoms with Crippen LogP contribution >= 0.6 is 0 Å². The van der Waals surface area contributed by atoms with Gasteiger partial charge in [-0.15, -0.1) is 15.0 Å². The predicted molar refractivity (Wildman–Crippen MR) is 127 cm³/mol. The van der Waals surface area contributed by atoms with Crippen LogP contribution in [0, 0.1) is 6.92 Å². The van der Waals surface area contributed by atoms with Gasteiger partial charge in [0.1, 0.15) is 34.8 Å². The number of benzene rings is 3. The summed E-state index contributed by atoms with van der Waals surface area (Å²) >= 11 is 0. The Morgan fingerprint density at radius 2 is 1.74 bits per heavy atom. The smallest absolute Gasteiger partial charge is 0.325 e. The number of aliphatic carboxylic acids is 1. The molecule has 0 saturated carbocycles. The van der Waals surface area contributed by atoms with Gasteiger partial charge in [-0.05, 0) is 55.0 Å². The van der Waals surface area contributed by atoms with E-state index in [9.17, 15) is 4.79 Å². The van der Waals surface area contributed by atoms with Crippen LogP contribution in [0.15, 0.2) is 66.9 Å². The Labute approximate surface area is 195 Å². The number of hydrogen-bond donors (Lipinski definition) is 1. The van der Waals surface area contributed by atoms with Crippen molar-refractivity contribution in [3.05, 3.63) is 72.4 Å². The Morgan fingerprint density at radius 1 is 0.971 bits per heavy atom. The number of rotatable bonds is 9. The average Bonchev–Trinajstić information content (AvgIpc) is 3.43. The maximum Gasteiger partial charge on any atom is 0.325 e. The predicted octanol–water partition coefficient (Wildman–Crippen LogP) is 4.01. The third-order valence-corrected chi connectivity index (χ3v) is 5.33. The minimum atomic E-state index is -0.932. The van der Waals surface area contributed by atoms with Gasteiger partial charge in [0.05, 0.1) is 24.9 Å². The molecule has 0 unspecified atom stereocenters. The number of nitrogens with zero attached hydrogens (tertiary/aromatic N) is 5. The molecule has 0 aliphatic rings. The number of aryl methyl sites for hydroxylation is 1. The molecule has 9 heteroatoms. The third-order valence-electron chi connectivity index (χ3n) is 5.33. The monoisotopic (exact) mass is 457 g/mol. The quantitative estimate of drug-likeness (QED) is 0.334. The molecule has 0 saturated heterocycles. The summed E-state index contributed by atoms with van der Waals surface area (Å²) in [4.78, 5) is 12.6. The fourth-order valence-corrected chi connectivity index (χ4v) is 3.71. The molecule has 0 aliphatic heterocycles. The van der Waals surface area contributed by atoms with Crippen LogP contribution in [0.25, 0.3) is 27.6 Å². The van der Waals surface area contributed by atoms with E-state index in [0.717, 1.165) is 33.2 Å². The molecule has 34 heavy (non-hydrogen) atoms. The summed E-state index contributed by atoms with van der Waals surface area (Å²) in [5.74, 6) is 0.475. The molecule has 5 aromatic rings. The zero-order valence-electron chi connectivity index (χ0n) is 18.6. The van der Waals surface area contributed by atoms with E-state index in [-0.39, 0.29) is 6.54 Å². The molecule has 0 bridgehead atoms. The molecule has 0 amide bonds. The second-order valence-electron chi connectivity index (χ2n) is 7.92. The third kappa shape index (κ3) is 4.54. The fraction of sp³-hybridized carbons (Fsp3) is 0.200. The van der Waals surface area contributed by atoms with Crippen LogP contribution < -0.4 is 9.47 Å². The van der Waals surface area contributed by atoms with Gasteiger partial charge in [0.25, 0.3) is 0 Å². The van der Waals surface area contributed by atoms with Gasteiger partial charge < -0.3 is 14.6 Å². The van der Waals surface area contributed by atoms with Crippen molar-refractivity contribution >= 4 is 27.9 Å². The van der Waals surface area contributed by atoms with E-state index in [1.807, 2.05) is 67.6 Å². The number of carboxylic acids is 1. The highest BCUT2D eigenvalue weighted by molar-refractivity contribution is 5.81. The maximum absolute atomic E-state index is 10.9. The van der Waals surface area contributed by atoms with Crippen LogP contribution in [-0.2, 0) is 11.3 Å². The summed E-state index contributed by atoms with van der Waals surface area (Å²) in [7, 11) is 0. The van der Waals surface area contributed by atoms with Gasteiger partial charge >= 0.3 is 5.97 Å². The van der Waals surface area contributed by atoms with Gasteiger partial charge in [-0.3, -0.25) is 9.48 Å². The first kappa shape index (κ1) is 21.4. The number of ether oxygens (including phenoxy) is 2. The van der Waals surface area contributed by atoms with Crippen molar-refractivity contribution in [1.29, 1.82) is 0 Å². The van der Waals surface area contributed by atoms with E-state index in [1.165, 1.54) is 4.68 Å². The zero-order valence-corrected chi connectivity index (χ0v) is 18.6. The van der Waals surface area contributed by atoms with E-state index in [2.05, 4.69) is 15.3 Å². The average molecular weight is 457 g/mol. The first-order chi connectivity index (χ1) is 16.6. The molecule has 5 rings (SSSR count). The summed E-state index contributed by atoms with van der Waals surface area (Å²) in [6, 6.07) is 19.2. The molecule has 3 aromatic carbocycles. The molecule has 0 atom stereocenters. The summed E-state index contributed by atoms with van der Waals surface area (Å²) in [6.45, 7) is 2.79. The largest absolute Gasteiger partial charge is 0.493 e. The van der Waals surface area contributed by atoms with E-state index < -0.39 is 5.97 Å². The van der Waals surface area contributed by atoms with Crippen molar-refractivity contribution in [2.45, 2.75) is 19.9 Å². The highest BCUT2D eigenvalue weighted by atomic mass is 16.5. The standard InChI is InChI=1S/C25H23N5O4/c1-17-7-10-24(23(13-17)30-27-20-5-2-3-6-21(20)28-30)34-12-4-11-33-19-8-9-22-18(14-19)15-26-29(22)16-25(31)32/h2-3,5-10,13-15H,4,11-12,16H2,1H3,(H,31,32). The van der Waals surface area contributed by atoms with Crippen molar-refractivity contribution < 1.29 is 19.4 Å². The highest BCUT2D eigenvalue weighted by Crippen LogP contribution is 2.25. The van der Waals surface area contributed by atoms with Crippen molar-refractivity contribution in [3.8, 4) is 17.2 Å². The molecular formula is C25H23N5O4. The van der Waals surface area contributed by atoms with Crippen molar-refractivity contribution in [2.75, 3.05) is 13.2 Å². The Balaban J connectivity index is 1.20. The van der Waals surface area contributed by atoms with Gasteiger partial charge in [-0.2, -0.15) is 5.10 Å². The van der Waals surface area contributed by atoms with Gasteiger partial charge in [0.15, 0.2) is 0 Å². The SMILES string of the molecule is Cc1ccc(OCCCOc2ccc3c(cnn3CC(=O)O)c2)c(-n2nc3ccccc3n2)c1. The highest BCUT2D eigenvalue weighted by Gasteiger charge is 2.11. The van der Waals surface area contributed by atoms with Gasteiger partial charge in [0, 0.05) is 11.8 Å². The first-order valence-corrected chi connectivity index (χ1v) is 10.9. The van der Waals surface area contributed by atoms with E-state index >= 15 is 0 Å². The minimum absolute atomic E-state index is 0.174. The van der Waals surface area contributed by atoms with Crippen LogP contribution in [0.2, 0.25) is 0 Å². The summed E-state index contributed by atoms with van der Waals surface area (Å²) in [5.41, 5.74) is 4.29. The topological polar surface area (TPSA) is 104 Å². The number of carboxylic acid groups (broad SMARTS) is 1. The lowest BCUT2D eigenvalue weighted by Gasteiger charge is -2.12. The number of hydrogen-bond acceptors (Lipinski definition) is 6. The van der Waals surface area contributed by atoms with Crippen LogP contribution in [0.1, 0.15) is 12.0 Å². The Hall–Kier alpha value is -4.40. The molecule has 172 valence electrons. The lowest BCUT2D eigenvalue weighted by Crippen LogP contribution is -2.09. The second kappa shape index (κ2) is 9.22. The molecule has 0 fully saturated rings. The molecule has 2 heterocycles. The van der Waals surface area contributed by atoms with E-state index in [0.29, 0.717) is 31.1 Å². The lowest BCUT2D eigenvalue weighted by molar-refractivity contribution is -0.137. The molecule has 9 nitrogen and oxygen atoms in total. The van der Waals surface area contributed by atoms with Crippen molar-refractivity contribution in [3.63, 3.8) is 0 Å². The van der Waals surface area contributed by atoms with Crippen LogP contribution in [0.3, 0.4) is 0 Å². The van der Waals surface area contributed by atoms with E-state index in [1.54, 1.807) is 11.0 Å². The fourth-order valence-electron chi connectivity index (χ4n) is 3.71. The Bertz CT molecular complexity index is 1440. The van der Waals surface area contributed by atoms with Crippen molar-refractivity contribution in [1.82, 2.24) is 24.8 Å². The van der Waals surface area contributed by atoms with Crippen LogP contribution in [0.4, 0.5) is 0 Å². The number of aromatic nitrogens is 5. The Kier molecular flexibility index (Phi) is 5.82. The maximum atomic E-state index is 10.9. The summed E-state index contributed by atoms with van der Waals surface area (Å²) in [6.07, 6.45) is 2.32. The number of fused-ring (bicyclic) bond motifs is 2. The summed E-state index contributed by atoms with van der Waals surface area (Å²) in [5, 5.41) is 23.1. The Morgan fingerprint density at radius 3 is 2.50 bits per heavy atom. The molecular weight excluding hydrogens is 434 g/mol. The first-order valence-electron chi connectivity index (χ1n) is 10.9. The minimum Gasteiger partial charge on any atom is -0.493 e. The van der Waals surface area contributed by atoms with Gasteiger partial charge in [0.2, 0.25) is 0 Å². The lowest BCUT2D eigenvalue weighted by atomic mass is 10.2. The van der Waals surface area contributed by atoms with Crippen molar-refractivity contribution in [2.24, 2.45) is 0 Å². The zero-order chi connectivity index (χ0) is 23.5. The van der Waals surface area contributed by atoms with Crippen LogP contribution in [0.5, 0.6) is 11.5 Å². The molecule has 2 aromatic heterocycles. The molecule has 1 N–H and O–H groups in total. The van der Waals surface area contributed by atoms with E-state index in [4.69, 9.17) is 14.6 Å².